The molecule has 1 aliphatic rings. The zero-order valence-corrected chi connectivity index (χ0v) is 17.2. The van der Waals surface area contributed by atoms with Crippen LogP contribution >= 0.6 is 22.9 Å². The van der Waals surface area contributed by atoms with Gasteiger partial charge in [-0.05, 0) is 43.3 Å². The minimum atomic E-state index is -2.19. The van der Waals surface area contributed by atoms with Crippen LogP contribution < -0.4 is 21.3 Å². The third kappa shape index (κ3) is 3.17. The third-order valence-corrected chi connectivity index (χ3v) is 6.03. The molecule has 0 aliphatic carbocycles. The summed E-state index contributed by atoms with van der Waals surface area (Å²) in [6.07, 6.45) is -2.19. The molecule has 1 aliphatic heterocycles. The monoisotopic (exact) mass is 449 g/mol. The van der Waals surface area contributed by atoms with E-state index in [-0.39, 0.29) is 5.56 Å². The van der Waals surface area contributed by atoms with Gasteiger partial charge >= 0.3 is 5.97 Å². The molecule has 5 N–H and O–H groups in total. The molecule has 2 heterocycles. The van der Waals surface area contributed by atoms with E-state index in [1.165, 1.54) is 23.5 Å². The van der Waals surface area contributed by atoms with Crippen LogP contribution in [0.1, 0.15) is 17.3 Å². The number of aromatic carboxylic acids is 1. The number of hydrogen-bond acceptors (Lipinski definition) is 7. The van der Waals surface area contributed by atoms with Crippen molar-refractivity contribution in [3.8, 4) is 0 Å². The van der Waals surface area contributed by atoms with Gasteiger partial charge < -0.3 is 26.4 Å². The number of carbonyl (C=O) groups excluding carboxylic acids is 1. The van der Waals surface area contributed by atoms with Gasteiger partial charge in [0.15, 0.2) is 5.13 Å². The Balaban J connectivity index is 1.82. The van der Waals surface area contributed by atoms with E-state index in [0.29, 0.717) is 33.6 Å². The van der Waals surface area contributed by atoms with Crippen molar-refractivity contribution in [3.05, 3.63) is 47.0 Å². The molecule has 0 saturated carbocycles. The van der Waals surface area contributed by atoms with E-state index in [1.807, 2.05) is 0 Å². The lowest BCUT2D eigenvalue weighted by molar-refractivity contribution is -0.124. The van der Waals surface area contributed by atoms with E-state index in [9.17, 15) is 14.7 Å². The second-order valence-electron chi connectivity index (χ2n) is 6.69. The van der Waals surface area contributed by atoms with Crippen molar-refractivity contribution in [2.24, 2.45) is 5.73 Å². The normalized spacial score (nSPS) is 18.7. The molecule has 156 valence electrons. The number of rotatable bonds is 6. The van der Waals surface area contributed by atoms with Gasteiger partial charge in [-0.15, -0.1) is 0 Å². The van der Waals surface area contributed by atoms with Crippen molar-refractivity contribution >= 4 is 61.5 Å². The first-order valence-electron chi connectivity index (χ1n) is 8.96. The molecule has 0 radical (unpaired) electrons. The molecule has 3 aromatic rings. The summed E-state index contributed by atoms with van der Waals surface area (Å²) < 4.78 is 16.1. The molecule has 11 heteroatoms. The molecular weight excluding hydrogens is 433 g/mol. The van der Waals surface area contributed by atoms with Crippen LogP contribution in [0.15, 0.2) is 36.4 Å². The first-order valence-corrected chi connectivity index (χ1v) is 10.2. The topological polar surface area (TPSA) is 121 Å². The maximum Gasteiger partial charge on any atom is 0.335 e. The Morgan fingerprint density at radius 1 is 1.40 bits per heavy atom. The second kappa shape index (κ2) is 7.29. The van der Waals surface area contributed by atoms with Crippen molar-refractivity contribution in [2.75, 3.05) is 22.1 Å². The summed E-state index contributed by atoms with van der Waals surface area (Å²) in [5.41, 5.74) is 6.90. The summed E-state index contributed by atoms with van der Waals surface area (Å²) >= 11 is 7.27. The van der Waals surface area contributed by atoms with Gasteiger partial charge in [-0.25, -0.2) is 14.2 Å². The van der Waals surface area contributed by atoms with Gasteiger partial charge in [0.1, 0.15) is 0 Å². The number of nitrogens with zero attached hydrogens (tertiary/aromatic N) is 2. The average molecular weight is 450 g/mol. The van der Waals surface area contributed by atoms with Crippen LogP contribution in [0.4, 0.5) is 20.9 Å². The Kier molecular flexibility index (Phi) is 4.91. The van der Waals surface area contributed by atoms with Crippen LogP contribution in [0.3, 0.4) is 0 Å². The van der Waals surface area contributed by atoms with Gasteiger partial charge in [0.25, 0.3) is 5.91 Å². The Morgan fingerprint density at radius 3 is 2.83 bits per heavy atom. The Morgan fingerprint density at radius 2 is 2.17 bits per heavy atom. The highest BCUT2D eigenvalue weighted by molar-refractivity contribution is 7.22. The van der Waals surface area contributed by atoms with Crippen LogP contribution in [0.5, 0.6) is 0 Å². The number of alkyl halides is 1. The van der Waals surface area contributed by atoms with Crippen LogP contribution in [-0.2, 0) is 4.79 Å². The van der Waals surface area contributed by atoms with E-state index in [4.69, 9.17) is 17.3 Å². The summed E-state index contributed by atoms with van der Waals surface area (Å²) in [6.45, 7) is 2.08. The number of nitrogens with one attached hydrogen (secondary N) is 2. The minimum absolute atomic E-state index is 0.0252. The van der Waals surface area contributed by atoms with E-state index in [0.717, 1.165) is 4.70 Å². The van der Waals surface area contributed by atoms with E-state index in [2.05, 4.69) is 15.6 Å². The SMILES string of the molecule is CCN1c2ccc(C(=O)O)cc2NC1(Nc1nc2ccc(Cl)cc2s1)C(F)C(N)=O. The maximum absolute atomic E-state index is 15.4. The van der Waals surface area contributed by atoms with Gasteiger partial charge in [0.2, 0.25) is 12.0 Å². The molecule has 0 spiro atoms. The lowest BCUT2D eigenvalue weighted by atomic mass is 10.1. The molecule has 8 nitrogen and oxygen atoms in total. The number of carboxylic acid groups (broad SMARTS) is 1. The fourth-order valence-corrected chi connectivity index (χ4v) is 4.77. The Hall–Kier alpha value is -3.11. The average Bonchev–Trinajstić information content (AvgIpc) is 3.23. The van der Waals surface area contributed by atoms with Gasteiger partial charge in [0, 0.05) is 11.6 Å². The van der Waals surface area contributed by atoms with Crippen molar-refractivity contribution in [1.82, 2.24) is 4.98 Å². The fourth-order valence-electron chi connectivity index (χ4n) is 3.57. The van der Waals surface area contributed by atoms with E-state index >= 15 is 4.39 Å². The molecule has 2 aromatic carbocycles. The second-order valence-corrected chi connectivity index (χ2v) is 8.16. The van der Waals surface area contributed by atoms with Crippen LogP contribution in [0.25, 0.3) is 10.2 Å². The molecule has 1 amide bonds. The number of carboxylic acids is 1. The van der Waals surface area contributed by atoms with Crippen LogP contribution in [-0.4, -0.2) is 40.5 Å². The quantitative estimate of drug-likeness (QED) is 0.454. The number of aromatic nitrogens is 1. The van der Waals surface area contributed by atoms with Crippen LogP contribution in [0, 0.1) is 0 Å². The number of amides is 1. The number of anilines is 3. The number of benzene rings is 2. The lowest BCUT2D eigenvalue weighted by Gasteiger charge is -2.40. The van der Waals surface area contributed by atoms with E-state index < -0.39 is 23.8 Å². The Bertz CT molecular complexity index is 1170. The number of carbonyl (C=O) groups is 2. The molecule has 0 saturated heterocycles. The first-order chi connectivity index (χ1) is 14.2. The first kappa shape index (κ1) is 20.2. The van der Waals surface area contributed by atoms with Gasteiger partial charge in [-0.1, -0.05) is 22.9 Å². The van der Waals surface area contributed by atoms with Gasteiger partial charge in [0.05, 0.1) is 27.2 Å². The fraction of sp³-hybridized carbons (Fsp3) is 0.211. The molecule has 4 rings (SSSR count). The highest BCUT2D eigenvalue weighted by Crippen LogP contribution is 2.44. The number of thiazole rings is 1. The minimum Gasteiger partial charge on any atom is -0.478 e. The van der Waals surface area contributed by atoms with Gasteiger partial charge in [-0.2, -0.15) is 0 Å². The van der Waals surface area contributed by atoms with Crippen LogP contribution in [0.2, 0.25) is 5.02 Å². The number of hydrogen-bond donors (Lipinski definition) is 4. The molecular formula is C19H17ClFN5O3S. The maximum atomic E-state index is 15.4. The van der Waals surface area contributed by atoms with Crippen molar-refractivity contribution in [3.63, 3.8) is 0 Å². The largest absolute Gasteiger partial charge is 0.478 e. The van der Waals surface area contributed by atoms with E-state index in [1.54, 1.807) is 36.1 Å². The summed E-state index contributed by atoms with van der Waals surface area (Å²) in [7, 11) is 0. The number of nitrogens with two attached hydrogens (primary N) is 1. The molecule has 0 bridgehead atoms. The molecule has 2 atom stereocenters. The molecule has 2 unspecified atom stereocenters. The Labute approximate surface area is 179 Å². The number of halogens is 2. The molecule has 0 fully saturated rings. The summed E-state index contributed by atoms with van der Waals surface area (Å²) in [4.78, 5) is 29.3. The standard InChI is InChI=1S/C19H17ClFN5O3S/c1-2-26-13-6-3-9(17(28)29)7-12(13)24-19(26,15(21)16(22)27)25-18-23-11-5-4-10(20)8-14(11)30-18/h3-8,15,24H,2H2,1H3,(H2,22,27)(H,23,25)(H,28,29). The lowest BCUT2D eigenvalue weighted by Crippen LogP contribution is -2.66. The zero-order valence-electron chi connectivity index (χ0n) is 15.6. The molecule has 30 heavy (non-hydrogen) atoms. The molecule has 1 aromatic heterocycles. The van der Waals surface area contributed by atoms with Crippen molar-refractivity contribution in [1.29, 1.82) is 0 Å². The summed E-state index contributed by atoms with van der Waals surface area (Å²) in [6, 6.07) is 9.53. The van der Waals surface area contributed by atoms with Crippen molar-refractivity contribution < 1.29 is 19.1 Å². The number of primary amides is 1. The summed E-state index contributed by atoms with van der Waals surface area (Å²) in [5, 5.41) is 16.1. The zero-order chi connectivity index (χ0) is 21.6. The summed E-state index contributed by atoms with van der Waals surface area (Å²) in [5.74, 6) is -4.08. The van der Waals surface area contributed by atoms with Crippen molar-refractivity contribution in [2.45, 2.75) is 18.9 Å². The predicted molar refractivity (Wildman–Crippen MR) is 115 cm³/mol. The predicted octanol–water partition coefficient (Wildman–Crippen LogP) is 3.49. The highest BCUT2D eigenvalue weighted by atomic mass is 35.5. The third-order valence-electron chi connectivity index (χ3n) is 4.87. The highest BCUT2D eigenvalue weighted by Gasteiger charge is 2.53. The smallest absolute Gasteiger partial charge is 0.335 e. The van der Waals surface area contributed by atoms with Gasteiger partial charge in [-0.3, -0.25) is 4.79 Å². The number of fused-ring (bicyclic) bond motifs is 2.